The van der Waals surface area contributed by atoms with Gasteiger partial charge in [0, 0.05) is 5.97 Å². The van der Waals surface area contributed by atoms with Gasteiger partial charge in [-0.1, -0.05) is 26.2 Å². The third-order valence-corrected chi connectivity index (χ3v) is 1.23. The van der Waals surface area contributed by atoms with Gasteiger partial charge in [-0.2, -0.15) is 0 Å². The smallest absolute Gasteiger partial charge is 0.0414 e. The third kappa shape index (κ3) is 7.47. The van der Waals surface area contributed by atoms with Crippen LogP contribution in [0.2, 0.25) is 0 Å². The average Bonchev–Trinajstić information content (AvgIpc) is 1.80. The molecule has 2 heteroatoms. The maximum absolute atomic E-state index is 9.85. The minimum Gasteiger partial charge on any atom is -0.550 e. The molecule has 0 unspecified atom stereocenters. The molecule has 2 nitrogen and oxygen atoms in total. The Morgan fingerprint density at radius 2 is 2.00 bits per heavy atom. The van der Waals surface area contributed by atoms with Gasteiger partial charge in [0.2, 0.25) is 0 Å². The highest BCUT2D eigenvalue weighted by Crippen LogP contribution is 2.00. The van der Waals surface area contributed by atoms with Crippen molar-refractivity contribution in [1.82, 2.24) is 0 Å². The number of unbranched alkanes of at least 4 members (excludes halogenated alkanes) is 3. The molecule has 0 aliphatic rings. The molecule has 0 amide bonds. The van der Waals surface area contributed by atoms with Crippen LogP contribution in [0, 0.1) is 0 Å². The van der Waals surface area contributed by atoms with Crippen molar-refractivity contribution in [3.63, 3.8) is 0 Å². The first-order chi connectivity index (χ1) is 4.27. The quantitative estimate of drug-likeness (QED) is 0.513. The second-order valence-electron chi connectivity index (χ2n) is 2.18. The summed E-state index contributed by atoms with van der Waals surface area (Å²) in [4.78, 5) is 9.85. The fourth-order valence-electron chi connectivity index (χ4n) is 0.696. The van der Waals surface area contributed by atoms with Crippen LogP contribution in [-0.4, -0.2) is 5.97 Å². The fraction of sp³-hybridized carbons (Fsp3) is 0.857. The van der Waals surface area contributed by atoms with Gasteiger partial charge in [-0.3, -0.25) is 0 Å². The number of carbonyl (C=O) groups excluding carboxylic acids is 1. The summed E-state index contributed by atoms with van der Waals surface area (Å²) >= 11 is 0. The molecule has 54 valence electrons. The maximum Gasteiger partial charge on any atom is 0.0414 e. The topological polar surface area (TPSA) is 40.1 Å². The van der Waals surface area contributed by atoms with E-state index in [9.17, 15) is 9.90 Å². The summed E-state index contributed by atoms with van der Waals surface area (Å²) in [6, 6.07) is 0. The molecule has 0 saturated carbocycles. The molecular formula is C7H13O2-. The van der Waals surface area contributed by atoms with E-state index in [1.54, 1.807) is 0 Å². The van der Waals surface area contributed by atoms with Crippen molar-refractivity contribution < 1.29 is 9.90 Å². The van der Waals surface area contributed by atoms with E-state index < -0.39 is 5.97 Å². The maximum atomic E-state index is 9.85. The molecule has 0 saturated heterocycles. The molecule has 0 aromatic rings. The van der Waals surface area contributed by atoms with Crippen LogP contribution in [-0.2, 0) is 4.79 Å². The van der Waals surface area contributed by atoms with Crippen LogP contribution in [0.4, 0.5) is 0 Å². The molecule has 0 N–H and O–H groups in total. The second-order valence-corrected chi connectivity index (χ2v) is 2.18. The largest absolute Gasteiger partial charge is 0.550 e. The summed E-state index contributed by atoms with van der Waals surface area (Å²) in [6.07, 6.45) is 4.29. The van der Waals surface area contributed by atoms with E-state index in [1.807, 2.05) is 0 Å². The first kappa shape index (κ1) is 8.47. The number of rotatable bonds is 5. The Kier molecular flexibility index (Phi) is 5.27. The van der Waals surface area contributed by atoms with E-state index in [2.05, 4.69) is 6.92 Å². The summed E-state index contributed by atoms with van der Waals surface area (Å²) in [5.74, 6) is -0.925. The molecule has 0 aliphatic carbocycles. The van der Waals surface area contributed by atoms with Gasteiger partial charge in [0.05, 0.1) is 0 Å². The Hall–Kier alpha value is -0.530. The molecule has 0 aromatic carbocycles. The van der Waals surface area contributed by atoms with E-state index in [-0.39, 0.29) is 6.42 Å². The monoisotopic (exact) mass is 129 g/mol. The lowest BCUT2D eigenvalue weighted by Gasteiger charge is -1.99. The van der Waals surface area contributed by atoms with Crippen LogP contribution in [0.5, 0.6) is 0 Å². The van der Waals surface area contributed by atoms with Gasteiger partial charge in [-0.05, 0) is 12.8 Å². The molecule has 0 atom stereocenters. The van der Waals surface area contributed by atoms with Gasteiger partial charge in [0.25, 0.3) is 0 Å². The van der Waals surface area contributed by atoms with Gasteiger partial charge in [0.15, 0.2) is 0 Å². The standard InChI is InChI=1S/C7H14O2/c1-2-3-4-5-6-7(8)9/h2-6H2,1H3,(H,8,9)/p-1. The second kappa shape index (κ2) is 5.60. The lowest BCUT2D eigenvalue weighted by molar-refractivity contribution is -0.305. The first-order valence-corrected chi connectivity index (χ1v) is 3.47. The molecular weight excluding hydrogens is 116 g/mol. The predicted molar refractivity (Wildman–Crippen MR) is 33.8 cm³/mol. The van der Waals surface area contributed by atoms with Gasteiger partial charge in [-0.25, -0.2) is 0 Å². The van der Waals surface area contributed by atoms with Crippen LogP contribution in [0.3, 0.4) is 0 Å². The molecule has 0 radical (unpaired) electrons. The summed E-state index contributed by atoms with van der Waals surface area (Å²) in [6.45, 7) is 2.10. The fourth-order valence-corrected chi connectivity index (χ4v) is 0.696. The number of carboxylic acid groups (broad SMARTS) is 1. The van der Waals surface area contributed by atoms with Crippen LogP contribution in [0.25, 0.3) is 0 Å². The predicted octanol–water partition coefficient (Wildman–Crippen LogP) is 0.707. The van der Waals surface area contributed by atoms with Crippen LogP contribution >= 0.6 is 0 Å². The molecule has 9 heavy (non-hydrogen) atoms. The number of carboxylic acids is 1. The van der Waals surface area contributed by atoms with E-state index >= 15 is 0 Å². The normalized spacial score (nSPS) is 9.44. The van der Waals surface area contributed by atoms with E-state index in [1.165, 1.54) is 0 Å². The summed E-state index contributed by atoms with van der Waals surface area (Å²) in [5.41, 5.74) is 0. The molecule has 0 aromatic heterocycles. The number of aliphatic carboxylic acids is 1. The van der Waals surface area contributed by atoms with Crippen molar-refractivity contribution >= 4 is 5.97 Å². The molecule has 0 rings (SSSR count). The molecule has 0 fully saturated rings. The van der Waals surface area contributed by atoms with Crippen molar-refractivity contribution in [2.45, 2.75) is 39.0 Å². The lowest BCUT2D eigenvalue weighted by Crippen LogP contribution is -2.21. The average molecular weight is 129 g/mol. The molecule has 0 aliphatic heterocycles. The Morgan fingerprint density at radius 3 is 2.44 bits per heavy atom. The summed E-state index contributed by atoms with van der Waals surface area (Å²) < 4.78 is 0. The van der Waals surface area contributed by atoms with E-state index in [4.69, 9.17) is 0 Å². The van der Waals surface area contributed by atoms with E-state index in [0.29, 0.717) is 0 Å². The zero-order valence-corrected chi connectivity index (χ0v) is 5.85. The molecule has 0 heterocycles. The molecule has 0 bridgehead atoms. The van der Waals surface area contributed by atoms with Gasteiger partial charge in [-0.15, -0.1) is 0 Å². The highest BCUT2D eigenvalue weighted by atomic mass is 16.4. The Bertz CT molecular complexity index is 79.0. The summed E-state index contributed by atoms with van der Waals surface area (Å²) in [5, 5.41) is 9.85. The van der Waals surface area contributed by atoms with E-state index in [0.717, 1.165) is 25.7 Å². The SMILES string of the molecule is CCCCCCC(=O)[O-]. The summed E-state index contributed by atoms with van der Waals surface area (Å²) in [7, 11) is 0. The van der Waals surface area contributed by atoms with Crippen LogP contribution in [0.1, 0.15) is 39.0 Å². The number of hydrogen-bond acceptors (Lipinski definition) is 2. The number of hydrogen-bond donors (Lipinski definition) is 0. The highest BCUT2D eigenvalue weighted by Gasteiger charge is 1.86. The van der Waals surface area contributed by atoms with Crippen molar-refractivity contribution in [2.24, 2.45) is 0 Å². The minimum atomic E-state index is -0.925. The van der Waals surface area contributed by atoms with Crippen molar-refractivity contribution in [3.05, 3.63) is 0 Å². The third-order valence-electron chi connectivity index (χ3n) is 1.23. The molecule has 0 spiro atoms. The zero-order valence-electron chi connectivity index (χ0n) is 5.85. The Morgan fingerprint density at radius 1 is 1.33 bits per heavy atom. The van der Waals surface area contributed by atoms with Crippen molar-refractivity contribution in [3.8, 4) is 0 Å². The number of carbonyl (C=O) groups is 1. The van der Waals surface area contributed by atoms with Gasteiger partial charge >= 0.3 is 0 Å². The van der Waals surface area contributed by atoms with Gasteiger partial charge < -0.3 is 9.90 Å². The van der Waals surface area contributed by atoms with Gasteiger partial charge in [0.1, 0.15) is 0 Å². The highest BCUT2D eigenvalue weighted by molar-refractivity contribution is 5.63. The van der Waals surface area contributed by atoms with Crippen LogP contribution in [0.15, 0.2) is 0 Å². The Labute approximate surface area is 55.9 Å². The van der Waals surface area contributed by atoms with Crippen LogP contribution < -0.4 is 5.11 Å². The van der Waals surface area contributed by atoms with Crippen molar-refractivity contribution in [2.75, 3.05) is 0 Å². The zero-order chi connectivity index (χ0) is 7.11. The minimum absolute atomic E-state index is 0.222. The first-order valence-electron chi connectivity index (χ1n) is 3.47. The van der Waals surface area contributed by atoms with Crippen molar-refractivity contribution in [1.29, 1.82) is 0 Å². The lowest BCUT2D eigenvalue weighted by atomic mass is 10.2. The Balaban J connectivity index is 2.83.